The maximum absolute atomic E-state index is 5.88. The van der Waals surface area contributed by atoms with Gasteiger partial charge < -0.3 is 4.74 Å². The van der Waals surface area contributed by atoms with Crippen molar-refractivity contribution in [3.8, 4) is 0 Å². The molecule has 1 fully saturated rings. The predicted octanol–water partition coefficient (Wildman–Crippen LogP) is 2.90. The number of fused-ring (bicyclic) bond motifs is 1. The maximum Gasteiger partial charge on any atom is 0.115 e. The van der Waals surface area contributed by atoms with E-state index < -0.39 is 0 Å². The van der Waals surface area contributed by atoms with E-state index in [1.807, 2.05) is 6.08 Å². The van der Waals surface area contributed by atoms with Gasteiger partial charge in [0.1, 0.15) is 6.23 Å². The zero-order valence-electron chi connectivity index (χ0n) is 9.83. The lowest BCUT2D eigenvalue weighted by Crippen LogP contribution is -2.41. The van der Waals surface area contributed by atoms with E-state index in [2.05, 4.69) is 54.0 Å². The molecule has 17 heavy (non-hydrogen) atoms. The molecule has 0 radical (unpaired) electrons. The topological polar surface area (TPSA) is 12.5 Å². The van der Waals surface area contributed by atoms with E-state index in [4.69, 9.17) is 4.74 Å². The molecule has 0 N–H and O–H groups in total. The van der Waals surface area contributed by atoms with Crippen LogP contribution in [-0.4, -0.2) is 23.8 Å². The Morgan fingerprint density at radius 3 is 2.88 bits per heavy atom. The number of hydrogen-bond donors (Lipinski definition) is 0. The van der Waals surface area contributed by atoms with E-state index in [0.717, 1.165) is 13.0 Å². The van der Waals surface area contributed by atoms with Crippen LogP contribution < -0.4 is 0 Å². The highest BCUT2D eigenvalue weighted by molar-refractivity contribution is 5.23. The molecular weight excluding hydrogens is 210 g/mol. The van der Waals surface area contributed by atoms with Crippen molar-refractivity contribution in [1.29, 1.82) is 0 Å². The van der Waals surface area contributed by atoms with Crippen LogP contribution in [0, 0.1) is 0 Å². The average Bonchev–Trinajstić information content (AvgIpc) is 2.83. The van der Waals surface area contributed by atoms with Gasteiger partial charge in [0, 0.05) is 12.5 Å². The van der Waals surface area contributed by atoms with Crippen LogP contribution >= 0.6 is 0 Å². The molecule has 0 amide bonds. The Morgan fingerprint density at radius 2 is 2.12 bits per heavy atom. The van der Waals surface area contributed by atoms with Crippen LogP contribution in [0.25, 0.3) is 0 Å². The molecule has 2 aliphatic heterocycles. The Bertz CT molecular complexity index is 426. The van der Waals surface area contributed by atoms with Gasteiger partial charge >= 0.3 is 0 Å². The molecule has 0 aliphatic carbocycles. The zero-order chi connectivity index (χ0) is 11.7. The molecule has 0 saturated carbocycles. The van der Waals surface area contributed by atoms with Crippen molar-refractivity contribution in [2.75, 3.05) is 6.61 Å². The quantitative estimate of drug-likeness (QED) is 0.720. The molecule has 2 aliphatic rings. The second kappa shape index (κ2) is 4.47. The third kappa shape index (κ3) is 1.84. The second-order valence-corrected chi connectivity index (χ2v) is 4.55. The number of benzene rings is 1. The molecule has 3 atom stereocenters. The molecule has 0 spiro atoms. The Labute approximate surface area is 102 Å². The van der Waals surface area contributed by atoms with Gasteiger partial charge in [-0.2, -0.15) is 0 Å². The minimum absolute atomic E-state index is 0.216. The van der Waals surface area contributed by atoms with Crippen LogP contribution in [-0.2, 0) is 4.74 Å². The van der Waals surface area contributed by atoms with E-state index in [0.29, 0.717) is 12.1 Å². The molecule has 1 aromatic carbocycles. The largest absolute Gasteiger partial charge is 0.361 e. The summed E-state index contributed by atoms with van der Waals surface area (Å²) >= 11 is 0. The molecule has 88 valence electrons. The molecule has 0 bridgehead atoms. The smallest absolute Gasteiger partial charge is 0.115 e. The summed E-state index contributed by atoms with van der Waals surface area (Å²) in [6, 6.07) is 11.2. The van der Waals surface area contributed by atoms with Gasteiger partial charge in [-0.15, -0.1) is 6.58 Å². The third-order valence-electron chi connectivity index (χ3n) is 3.58. The standard InChI is InChI=1S/C15H17NO/c1-2-13-9-6-10-15-16(13)14(11-17-15)12-7-4-3-5-8-12/h2-9,13-15H,1,10-11H2/t13-,14-,15+/m0/s1. The highest BCUT2D eigenvalue weighted by Crippen LogP contribution is 2.36. The fourth-order valence-corrected chi connectivity index (χ4v) is 2.74. The maximum atomic E-state index is 5.88. The summed E-state index contributed by atoms with van der Waals surface area (Å²) in [7, 11) is 0. The molecule has 1 saturated heterocycles. The van der Waals surface area contributed by atoms with Gasteiger partial charge in [-0.05, 0) is 5.56 Å². The summed E-state index contributed by atoms with van der Waals surface area (Å²) in [6.07, 6.45) is 7.60. The first-order valence-corrected chi connectivity index (χ1v) is 6.13. The molecule has 2 heterocycles. The minimum Gasteiger partial charge on any atom is -0.361 e. The molecule has 0 aromatic heterocycles. The van der Waals surface area contributed by atoms with Gasteiger partial charge in [0.05, 0.1) is 12.6 Å². The van der Waals surface area contributed by atoms with Crippen LogP contribution in [0.5, 0.6) is 0 Å². The minimum atomic E-state index is 0.216. The van der Waals surface area contributed by atoms with Gasteiger partial charge in [-0.3, -0.25) is 4.90 Å². The van der Waals surface area contributed by atoms with E-state index in [-0.39, 0.29) is 6.23 Å². The van der Waals surface area contributed by atoms with Crippen LogP contribution in [0.4, 0.5) is 0 Å². The lowest BCUT2D eigenvalue weighted by molar-refractivity contribution is 0.0218. The number of rotatable bonds is 2. The molecule has 2 heteroatoms. The summed E-state index contributed by atoms with van der Waals surface area (Å²) in [5, 5.41) is 0. The van der Waals surface area contributed by atoms with Crippen LogP contribution in [0.2, 0.25) is 0 Å². The SMILES string of the molecule is C=C[C@H]1C=CC[C@H]2OC[C@@H](c3ccccc3)N12. The highest BCUT2D eigenvalue weighted by atomic mass is 16.5. The first kappa shape index (κ1) is 10.8. The predicted molar refractivity (Wildman–Crippen MR) is 68.5 cm³/mol. The summed E-state index contributed by atoms with van der Waals surface area (Å²) < 4.78 is 5.88. The molecule has 1 aromatic rings. The monoisotopic (exact) mass is 227 g/mol. The molecule has 3 rings (SSSR count). The Hall–Kier alpha value is -1.38. The Balaban J connectivity index is 1.92. The van der Waals surface area contributed by atoms with Crippen molar-refractivity contribution in [2.45, 2.75) is 24.7 Å². The van der Waals surface area contributed by atoms with Crippen molar-refractivity contribution in [1.82, 2.24) is 4.90 Å². The van der Waals surface area contributed by atoms with Gasteiger partial charge in [-0.1, -0.05) is 48.6 Å². The van der Waals surface area contributed by atoms with Crippen molar-refractivity contribution < 1.29 is 4.74 Å². The lowest BCUT2D eigenvalue weighted by atomic mass is 10.0. The Morgan fingerprint density at radius 1 is 1.29 bits per heavy atom. The molecular formula is C15H17NO. The van der Waals surface area contributed by atoms with Crippen molar-refractivity contribution >= 4 is 0 Å². The normalized spacial score (nSPS) is 32.4. The van der Waals surface area contributed by atoms with Gasteiger partial charge in [-0.25, -0.2) is 0 Å². The summed E-state index contributed by atoms with van der Waals surface area (Å²) in [4.78, 5) is 2.42. The van der Waals surface area contributed by atoms with Crippen LogP contribution in [0.3, 0.4) is 0 Å². The van der Waals surface area contributed by atoms with Gasteiger partial charge in [0.2, 0.25) is 0 Å². The van der Waals surface area contributed by atoms with Crippen molar-refractivity contribution in [3.63, 3.8) is 0 Å². The van der Waals surface area contributed by atoms with Crippen molar-refractivity contribution in [3.05, 3.63) is 60.7 Å². The number of ether oxygens (including phenoxy) is 1. The van der Waals surface area contributed by atoms with Crippen molar-refractivity contribution in [2.24, 2.45) is 0 Å². The third-order valence-corrected chi connectivity index (χ3v) is 3.58. The molecule has 2 nitrogen and oxygen atoms in total. The zero-order valence-corrected chi connectivity index (χ0v) is 9.83. The fourth-order valence-electron chi connectivity index (χ4n) is 2.74. The summed E-state index contributed by atoms with van der Waals surface area (Å²) in [6.45, 7) is 4.70. The van der Waals surface area contributed by atoms with Crippen LogP contribution in [0.1, 0.15) is 18.0 Å². The van der Waals surface area contributed by atoms with Crippen LogP contribution in [0.15, 0.2) is 55.1 Å². The highest BCUT2D eigenvalue weighted by Gasteiger charge is 2.39. The first-order valence-electron chi connectivity index (χ1n) is 6.13. The van der Waals surface area contributed by atoms with E-state index in [1.54, 1.807) is 0 Å². The lowest BCUT2D eigenvalue weighted by Gasteiger charge is -2.34. The summed E-state index contributed by atoms with van der Waals surface area (Å²) in [5.74, 6) is 0. The fraction of sp³-hybridized carbons (Fsp3) is 0.333. The van der Waals surface area contributed by atoms with Gasteiger partial charge in [0.15, 0.2) is 0 Å². The first-order chi connectivity index (χ1) is 8.40. The van der Waals surface area contributed by atoms with Gasteiger partial charge in [0.25, 0.3) is 0 Å². The van der Waals surface area contributed by atoms with E-state index in [1.165, 1.54) is 5.56 Å². The number of hydrogen-bond acceptors (Lipinski definition) is 2. The second-order valence-electron chi connectivity index (χ2n) is 4.55. The Kier molecular flexibility index (Phi) is 2.83. The summed E-state index contributed by atoms with van der Waals surface area (Å²) in [5.41, 5.74) is 1.33. The average molecular weight is 227 g/mol. The van der Waals surface area contributed by atoms with E-state index in [9.17, 15) is 0 Å². The molecule has 0 unspecified atom stereocenters. The van der Waals surface area contributed by atoms with E-state index >= 15 is 0 Å². The number of nitrogens with zero attached hydrogens (tertiary/aromatic N) is 1.